The van der Waals surface area contributed by atoms with Gasteiger partial charge in [-0.25, -0.2) is 4.98 Å². The van der Waals surface area contributed by atoms with Crippen molar-refractivity contribution in [2.24, 2.45) is 5.92 Å². The summed E-state index contributed by atoms with van der Waals surface area (Å²) in [6.45, 7) is 1.70. The molecule has 1 aromatic heterocycles. The highest BCUT2D eigenvalue weighted by atomic mass is 16.2. The zero-order chi connectivity index (χ0) is 16.8. The van der Waals surface area contributed by atoms with Crippen LogP contribution >= 0.6 is 0 Å². The minimum Gasteiger partial charge on any atom is -0.342 e. The summed E-state index contributed by atoms with van der Waals surface area (Å²) in [4.78, 5) is 30.4. The van der Waals surface area contributed by atoms with Crippen LogP contribution in [0.5, 0.6) is 0 Å². The van der Waals surface area contributed by atoms with E-state index < -0.39 is 0 Å². The SMILES string of the molecule is O=C(Nc1ccccc1)[C@@H]1CCCN(C(=O)CCn2cncn2)C1. The number of aromatic nitrogens is 3. The van der Waals surface area contributed by atoms with E-state index >= 15 is 0 Å². The predicted molar refractivity (Wildman–Crippen MR) is 89.0 cm³/mol. The van der Waals surface area contributed by atoms with Crippen molar-refractivity contribution in [3.63, 3.8) is 0 Å². The molecule has 1 fully saturated rings. The molecule has 7 nitrogen and oxygen atoms in total. The Bertz CT molecular complexity index is 672. The molecule has 2 heterocycles. The van der Waals surface area contributed by atoms with Crippen LogP contribution in [-0.2, 0) is 16.1 Å². The number of carbonyl (C=O) groups excluding carboxylic acids is 2. The molecule has 2 aromatic rings. The Hall–Kier alpha value is -2.70. The number of hydrogen-bond donors (Lipinski definition) is 1. The molecular weight excluding hydrogens is 306 g/mol. The molecule has 0 bridgehead atoms. The topological polar surface area (TPSA) is 80.1 Å². The number of nitrogens with one attached hydrogen (secondary N) is 1. The van der Waals surface area contributed by atoms with E-state index in [1.807, 2.05) is 30.3 Å². The smallest absolute Gasteiger partial charge is 0.229 e. The average Bonchev–Trinajstić information content (AvgIpc) is 3.14. The number of piperidine rings is 1. The molecule has 1 aliphatic rings. The predicted octanol–water partition coefficient (Wildman–Crippen LogP) is 1.55. The number of rotatable bonds is 5. The maximum atomic E-state index is 12.4. The van der Waals surface area contributed by atoms with Crippen molar-refractivity contribution in [1.82, 2.24) is 19.7 Å². The van der Waals surface area contributed by atoms with Crippen LogP contribution in [0.15, 0.2) is 43.0 Å². The lowest BCUT2D eigenvalue weighted by atomic mass is 9.96. The lowest BCUT2D eigenvalue weighted by Crippen LogP contribution is -2.44. The van der Waals surface area contributed by atoms with Gasteiger partial charge < -0.3 is 10.2 Å². The maximum Gasteiger partial charge on any atom is 0.229 e. The fourth-order valence-electron chi connectivity index (χ4n) is 2.90. The van der Waals surface area contributed by atoms with E-state index in [1.165, 1.54) is 6.33 Å². The Morgan fingerprint density at radius 3 is 2.83 bits per heavy atom. The van der Waals surface area contributed by atoms with Crippen molar-refractivity contribution in [2.45, 2.75) is 25.8 Å². The number of amides is 2. The van der Waals surface area contributed by atoms with E-state index in [4.69, 9.17) is 0 Å². The highest BCUT2D eigenvalue weighted by Crippen LogP contribution is 2.19. The summed E-state index contributed by atoms with van der Waals surface area (Å²) in [5.74, 6) is -0.119. The zero-order valence-corrected chi connectivity index (χ0v) is 13.5. The van der Waals surface area contributed by atoms with Gasteiger partial charge in [-0.05, 0) is 25.0 Å². The van der Waals surface area contributed by atoms with E-state index in [9.17, 15) is 9.59 Å². The third kappa shape index (κ3) is 4.18. The Morgan fingerprint density at radius 2 is 2.08 bits per heavy atom. The molecular formula is C17H21N5O2. The normalized spacial score (nSPS) is 17.5. The van der Waals surface area contributed by atoms with Gasteiger partial charge in [0.2, 0.25) is 11.8 Å². The summed E-state index contributed by atoms with van der Waals surface area (Å²) >= 11 is 0. The van der Waals surface area contributed by atoms with Crippen molar-refractivity contribution in [3.8, 4) is 0 Å². The summed E-state index contributed by atoms with van der Waals surface area (Å²) in [5.41, 5.74) is 0.789. The Kier molecular flexibility index (Phi) is 5.20. The third-order valence-corrected chi connectivity index (χ3v) is 4.21. The lowest BCUT2D eigenvalue weighted by Gasteiger charge is -2.32. The summed E-state index contributed by atoms with van der Waals surface area (Å²) in [6, 6.07) is 9.40. The van der Waals surface area contributed by atoms with Gasteiger partial charge in [-0.1, -0.05) is 18.2 Å². The van der Waals surface area contributed by atoms with E-state index in [2.05, 4.69) is 15.4 Å². The van der Waals surface area contributed by atoms with Crippen molar-refractivity contribution in [2.75, 3.05) is 18.4 Å². The number of anilines is 1. The first kappa shape index (κ1) is 16.2. The maximum absolute atomic E-state index is 12.4. The first-order valence-electron chi connectivity index (χ1n) is 8.18. The largest absolute Gasteiger partial charge is 0.342 e. The fourth-order valence-corrected chi connectivity index (χ4v) is 2.90. The fraction of sp³-hybridized carbons (Fsp3) is 0.412. The number of benzene rings is 1. The number of hydrogen-bond acceptors (Lipinski definition) is 4. The second-order valence-corrected chi connectivity index (χ2v) is 5.94. The first-order valence-corrected chi connectivity index (χ1v) is 8.18. The molecule has 0 saturated carbocycles. The zero-order valence-electron chi connectivity index (χ0n) is 13.5. The second-order valence-electron chi connectivity index (χ2n) is 5.94. The minimum atomic E-state index is -0.158. The van der Waals surface area contributed by atoms with Gasteiger partial charge in [-0.3, -0.25) is 14.3 Å². The molecule has 1 saturated heterocycles. The molecule has 1 N–H and O–H groups in total. The Balaban J connectivity index is 1.51. The highest BCUT2D eigenvalue weighted by Gasteiger charge is 2.28. The van der Waals surface area contributed by atoms with Gasteiger partial charge in [0, 0.05) is 25.2 Å². The van der Waals surface area contributed by atoms with Gasteiger partial charge in [0.15, 0.2) is 0 Å². The summed E-state index contributed by atoms with van der Waals surface area (Å²) in [6.07, 6.45) is 5.08. The molecule has 3 rings (SSSR count). The summed E-state index contributed by atoms with van der Waals surface area (Å²) < 4.78 is 1.64. The molecule has 0 spiro atoms. The number of carbonyl (C=O) groups is 2. The molecule has 7 heteroatoms. The minimum absolute atomic E-state index is 0.0185. The summed E-state index contributed by atoms with van der Waals surface area (Å²) in [5, 5.41) is 6.92. The molecule has 24 heavy (non-hydrogen) atoms. The van der Waals surface area contributed by atoms with Crippen molar-refractivity contribution < 1.29 is 9.59 Å². The number of likely N-dealkylation sites (tertiary alicyclic amines) is 1. The van der Waals surface area contributed by atoms with Crippen LogP contribution in [0.4, 0.5) is 5.69 Å². The Labute approximate surface area is 140 Å². The lowest BCUT2D eigenvalue weighted by molar-refractivity contribution is -0.134. The highest BCUT2D eigenvalue weighted by molar-refractivity contribution is 5.93. The average molecular weight is 327 g/mol. The van der Waals surface area contributed by atoms with Crippen molar-refractivity contribution in [1.29, 1.82) is 0 Å². The van der Waals surface area contributed by atoms with Crippen molar-refractivity contribution in [3.05, 3.63) is 43.0 Å². The first-order chi connectivity index (χ1) is 11.7. The van der Waals surface area contributed by atoms with E-state index in [0.717, 1.165) is 18.5 Å². The van der Waals surface area contributed by atoms with Crippen LogP contribution in [-0.4, -0.2) is 44.6 Å². The van der Waals surface area contributed by atoms with Gasteiger partial charge >= 0.3 is 0 Å². The van der Waals surface area contributed by atoms with Crippen molar-refractivity contribution >= 4 is 17.5 Å². The standard InChI is InChI=1S/C17H21N5O2/c23-16(8-10-22-13-18-12-19-22)21-9-4-5-14(11-21)17(24)20-15-6-2-1-3-7-15/h1-3,6-7,12-14H,4-5,8-11H2,(H,20,24)/t14-/m1/s1. The van der Waals surface area contributed by atoms with E-state index in [0.29, 0.717) is 26.1 Å². The molecule has 126 valence electrons. The van der Waals surface area contributed by atoms with Gasteiger partial charge in [0.25, 0.3) is 0 Å². The van der Waals surface area contributed by atoms with Crippen LogP contribution in [0.1, 0.15) is 19.3 Å². The summed E-state index contributed by atoms with van der Waals surface area (Å²) in [7, 11) is 0. The molecule has 0 radical (unpaired) electrons. The molecule has 2 amide bonds. The van der Waals surface area contributed by atoms with Crippen LogP contribution in [0.3, 0.4) is 0 Å². The van der Waals surface area contributed by atoms with Gasteiger partial charge in [0.05, 0.1) is 12.5 Å². The number of nitrogens with zero attached hydrogens (tertiary/aromatic N) is 4. The van der Waals surface area contributed by atoms with Crippen LogP contribution in [0.2, 0.25) is 0 Å². The van der Waals surface area contributed by atoms with E-state index in [1.54, 1.807) is 15.9 Å². The number of para-hydroxylation sites is 1. The second kappa shape index (κ2) is 7.72. The van der Waals surface area contributed by atoms with Gasteiger partial charge in [0.1, 0.15) is 12.7 Å². The van der Waals surface area contributed by atoms with Crippen LogP contribution < -0.4 is 5.32 Å². The monoisotopic (exact) mass is 327 g/mol. The molecule has 1 aromatic carbocycles. The molecule has 0 aliphatic carbocycles. The third-order valence-electron chi connectivity index (χ3n) is 4.21. The Morgan fingerprint density at radius 1 is 1.25 bits per heavy atom. The molecule has 1 aliphatic heterocycles. The van der Waals surface area contributed by atoms with Crippen LogP contribution in [0.25, 0.3) is 0 Å². The molecule has 1 atom stereocenters. The molecule has 0 unspecified atom stereocenters. The van der Waals surface area contributed by atoms with E-state index in [-0.39, 0.29) is 17.7 Å². The van der Waals surface area contributed by atoms with Crippen LogP contribution in [0, 0.1) is 5.92 Å². The van der Waals surface area contributed by atoms with Gasteiger partial charge in [-0.15, -0.1) is 0 Å². The number of aryl methyl sites for hydroxylation is 1. The quantitative estimate of drug-likeness (QED) is 0.903. The van der Waals surface area contributed by atoms with Gasteiger partial charge in [-0.2, -0.15) is 5.10 Å².